The molecule has 1 aromatic carbocycles. The number of rotatable bonds is 7. The van der Waals surface area contributed by atoms with Crippen molar-refractivity contribution in [1.82, 2.24) is 10.2 Å². The topological polar surface area (TPSA) is 41.6 Å². The number of piperidine rings is 1. The predicted octanol–water partition coefficient (Wildman–Crippen LogP) is 3.78. The SMILES string of the molecule is Cc1ccccc1OCC(=O)NCC(c1ccsc1)N1CCCCC1. The molecule has 0 radical (unpaired) electrons. The molecular weight excluding hydrogens is 332 g/mol. The Kier molecular flexibility index (Phi) is 6.48. The highest BCUT2D eigenvalue weighted by Gasteiger charge is 2.23. The number of nitrogens with one attached hydrogen (secondary N) is 1. The number of hydrogen-bond donors (Lipinski definition) is 1. The largest absolute Gasteiger partial charge is 0.484 e. The van der Waals surface area contributed by atoms with Gasteiger partial charge in [-0.15, -0.1) is 0 Å². The minimum atomic E-state index is -0.0690. The van der Waals surface area contributed by atoms with Crippen LogP contribution in [0.3, 0.4) is 0 Å². The van der Waals surface area contributed by atoms with E-state index in [1.54, 1.807) is 11.3 Å². The molecule has 1 unspecified atom stereocenters. The van der Waals surface area contributed by atoms with Crippen LogP contribution in [0.4, 0.5) is 0 Å². The molecule has 1 fully saturated rings. The van der Waals surface area contributed by atoms with Gasteiger partial charge < -0.3 is 10.1 Å². The molecule has 0 aliphatic carbocycles. The maximum absolute atomic E-state index is 12.2. The Labute approximate surface area is 153 Å². The molecule has 1 N–H and O–H groups in total. The summed E-state index contributed by atoms with van der Waals surface area (Å²) in [5, 5.41) is 7.35. The van der Waals surface area contributed by atoms with Crippen molar-refractivity contribution in [3.8, 4) is 5.75 Å². The van der Waals surface area contributed by atoms with Gasteiger partial charge in [0.25, 0.3) is 5.91 Å². The highest BCUT2D eigenvalue weighted by atomic mass is 32.1. The normalized spacial score (nSPS) is 16.4. The smallest absolute Gasteiger partial charge is 0.258 e. The fourth-order valence-corrected chi connectivity index (χ4v) is 3.98. The summed E-state index contributed by atoms with van der Waals surface area (Å²) in [6.45, 7) is 4.89. The van der Waals surface area contributed by atoms with Gasteiger partial charge in [-0.05, 0) is 66.9 Å². The van der Waals surface area contributed by atoms with E-state index in [4.69, 9.17) is 4.74 Å². The fourth-order valence-electron chi connectivity index (χ4n) is 3.28. The van der Waals surface area contributed by atoms with Crippen LogP contribution in [-0.2, 0) is 4.79 Å². The molecule has 2 aromatic rings. The van der Waals surface area contributed by atoms with Gasteiger partial charge in [-0.3, -0.25) is 9.69 Å². The number of carbonyl (C=O) groups is 1. The molecule has 1 aliphatic heterocycles. The first-order valence-corrected chi connectivity index (χ1v) is 9.89. The van der Waals surface area contributed by atoms with Gasteiger partial charge in [0, 0.05) is 6.54 Å². The predicted molar refractivity (Wildman–Crippen MR) is 102 cm³/mol. The summed E-state index contributed by atoms with van der Waals surface area (Å²) in [4.78, 5) is 14.7. The summed E-state index contributed by atoms with van der Waals surface area (Å²) in [6.07, 6.45) is 3.79. The number of carbonyl (C=O) groups excluding carboxylic acids is 1. The number of aryl methyl sites for hydroxylation is 1. The lowest BCUT2D eigenvalue weighted by atomic mass is 10.0. The average molecular weight is 359 g/mol. The molecule has 0 saturated carbocycles. The van der Waals surface area contributed by atoms with E-state index in [1.165, 1.54) is 24.8 Å². The van der Waals surface area contributed by atoms with Crippen molar-refractivity contribution < 1.29 is 9.53 Å². The Bertz CT molecular complexity index is 666. The summed E-state index contributed by atoms with van der Waals surface area (Å²) < 4.78 is 5.64. The third-order valence-electron chi connectivity index (χ3n) is 4.70. The number of amides is 1. The highest BCUT2D eigenvalue weighted by Crippen LogP contribution is 2.25. The quantitative estimate of drug-likeness (QED) is 0.819. The number of likely N-dealkylation sites (tertiary alicyclic amines) is 1. The van der Waals surface area contributed by atoms with Crippen LogP contribution in [0, 0.1) is 6.92 Å². The summed E-state index contributed by atoms with van der Waals surface area (Å²) in [5.74, 6) is 0.698. The molecule has 2 heterocycles. The minimum absolute atomic E-state index is 0.0568. The van der Waals surface area contributed by atoms with Crippen LogP contribution < -0.4 is 10.1 Å². The lowest BCUT2D eigenvalue weighted by molar-refractivity contribution is -0.123. The number of hydrogen-bond acceptors (Lipinski definition) is 4. The number of benzene rings is 1. The van der Waals surface area contributed by atoms with Crippen LogP contribution in [0.15, 0.2) is 41.1 Å². The first-order valence-electron chi connectivity index (χ1n) is 8.95. The summed E-state index contributed by atoms with van der Waals surface area (Å²) in [7, 11) is 0. The van der Waals surface area contributed by atoms with Crippen molar-refractivity contribution in [3.05, 3.63) is 52.2 Å². The second kappa shape index (κ2) is 9.02. The van der Waals surface area contributed by atoms with E-state index in [1.807, 2.05) is 31.2 Å². The monoisotopic (exact) mass is 358 g/mol. The standard InChI is InChI=1S/C20H26N2O2S/c1-16-7-3-4-8-19(16)24-14-20(23)21-13-18(17-9-12-25-15-17)22-10-5-2-6-11-22/h3-4,7-9,12,15,18H,2,5-6,10-11,13-14H2,1H3,(H,21,23). The fraction of sp³-hybridized carbons (Fsp3) is 0.450. The first kappa shape index (κ1) is 18.0. The molecular formula is C20H26N2O2S. The van der Waals surface area contributed by atoms with E-state index in [9.17, 15) is 4.79 Å². The zero-order chi connectivity index (χ0) is 17.5. The summed E-state index contributed by atoms with van der Waals surface area (Å²) >= 11 is 1.71. The molecule has 1 aromatic heterocycles. The molecule has 134 valence electrons. The summed E-state index contributed by atoms with van der Waals surface area (Å²) in [5.41, 5.74) is 2.34. The van der Waals surface area contributed by atoms with E-state index < -0.39 is 0 Å². The van der Waals surface area contributed by atoms with E-state index in [-0.39, 0.29) is 18.6 Å². The Hall–Kier alpha value is -1.85. The molecule has 1 aliphatic rings. The van der Waals surface area contributed by atoms with E-state index >= 15 is 0 Å². The van der Waals surface area contributed by atoms with Gasteiger partial charge >= 0.3 is 0 Å². The van der Waals surface area contributed by atoms with E-state index in [0.717, 1.165) is 24.4 Å². The first-order chi connectivity index (χ1) is 12.2. The van der Waals surface area contributed by atoms with Gasteiger partial charge in [-0.1, -0.05) is 24.6 Å². The lowest BCUT2D eigenvalue weighted by Gasteiger charge is -2.34. The molecule has 1 amide bonds. The van der Waals surface area contributed by atoms with Gasteiger partial charge in [0.2, 0.25) is 0 Å². The number of nitrogens with zero attached hydrogens (tertiary/aromatic N) is 1. The van der Waals surface area contributed by atoms with Crippen molar-refractivity contribution in [1.29, 1.82) is 0 Å². The Morgan fingerprint density at radius 1 is 1.24 bits per heavy atom. The van der Waals surface area contributed by atoms with Crippen LogP contribution in [0.25, 0.3) is 0 Å². The van der Waals surface area contributed by atoms with E-state index in [2.05, 4.69) is 27.0 Å². The Morgan fingerprint density at radius 3 is 2.76 bits per heavy atom. The minimum Gasteiger partial charge on any atom is -0.484 e. The van der Waals surface area contributed by atoms with Gasteiger partial charge in [-0.25, -0.2) is 0 Å². The maximum Gasteiger partial charge on any atom is 0.258 e. The van der Waals surface area contributed by atoms with Gasteiger partial charge in [-0.2, -0.15) is 11.3 Å². The van der Waals surface area contributed by atoms with Gasteiger partial charge in [0.15, 0.2) is 6.61 Å². The molecule has 1 atom stereocenters. The maximum atomic E-state index is 12.2. The van der Waals surface area contributed by atoms with Crippen LogP contribution in [0.1, 0.15) is 36.4 Å². The molecule has 4 nitrogen and oxygen atoms in total. The average Bonchev–Trinajstić information content (AvgIpc) is 3.16. The van der Waals surface area contributed by atoms with Crippen LogP contribution in [0.5, 0.6) is 5.75 Å². The zero-order valence-corrected chi connectivity index (χ0v) is 15.6. The van der Waals surface area contributed by atoms with E-state index in [0.29, 0.717) is 6.54 Å². The van der Waals surface area contributed by atoms with Crippen molar-refractivity contribution in [3.63, 3.8) is 0 Å². The molecule has 0 spiro atoms. The number of ether oxygens (including phenoxy) is 1. The van der Waals surface area contributed by atoms with Crippen molar-refractivity contribution in [2.24, 2.45) is 0 Å². The highest BCUT2D eigenvalue weighted by molar-refractivity contribution is 7.07. The second-order valence-electron chi connectivity index (χ2n) is 6.53. The molecule has 3 rings (SSSR count). The van der Waals surface area contributed by atoms with Gasteiger partial charge in [0.1, 0.15) is 5.75 Å². The molecule has 0 bridgehead atoms. The number of para-hydroxylation sites is 1. The lowest BCUT2D eigenvalue weighted by Crippen LogP contribution is -2.41. The third kappa shape index (κ3) is 5.06. The van der Waals surface area contributed by atoms with Crippen LogP contribution in [0.2, 0.25) is 0 Å². The number of thiophene rings is 1. The molecule has 25 heavy (non-hydrogen) atoms. The van der Waals surface area contributed by atoms with Crippen LogP contribution in [-0.4, -0.2) is 37.0 Å². The third-order valence-corrected chi connectivity index (χ3v) is 5.41. The van der Waals surface area contributed by atoms with Crippen LogP contribution >= 0.6 is 11.3 Å². The van der Waals surface area contributed by atoms with Crippen molar-refractivity contribution in [2.75, 3.05) is 26.2 Å². The van der Waals surface area contributed by atoms with Crippen molar-refractivity contribution >= 4 is 17.2 Å². The molecule has 5 heteroatoms. The Balaban J connectivity index is 1.53. The molecule has 1 saturated heterocycles. The second-order valence-corrected chi connectivity index (χ2v) is 7.31. The zero-order valence-electron chi connectivity index (χ0n) is 14.7. The van der Waals surface area contributed by atoms with Gasteiger partial charge in [0.05, 0.1) is 6.04 Å². The van der Waals surface area contributed by atoms with Crippen molar-refractivity contribution in [2.45, 2.75) is 32.2 Å². The summed E-state index contributed by atoms with van der Waals surface area (Å²) in [6, 6.07) is 10.2. The Morgan fingerprint density at radius 2 is 2.04 bits per heavy atom.